The Bertz CT molecular complexity index is 258. The van der Waals surface area contributed by atoms with Crippen molar-refractivity contribution < 1.29 is 8.42 Å². The van der Waals surface area contributed by atoms with Gasteiger partial charge in [0.05, 0.1) is 11.5 Å². The average Bonchev–Trinajstić information content (AvgIpc) is 2.30. The summed E-state index contributed by atoms with van der Waals surface area (Å²) in [6.45, 7) is 5.60. The van der Waals surface area contributed by atoms with Gasteiger partial charge in [-0.25, -0.2) is 8.42 Å². The van der Waals surface area contributed by atoms with Crippen LogP contribution >= 0.6 is 0 Å². The van der Waals surface area contributed by atoms with Crippen LogP contribution < -0.4 is 5.32 Å². The van der Waals surface area contributed by atoms with E-state index < -0.39 is 9.84 Å². The van der Waals surface area contributed by atoms with Gasteiger partial charge in [0.15, 0.2) is 9.84 Å². The predicted molar refractivity (Wildman–Crippen MR) is 49.9 cm³/mol. The van der Waals surface area contributed by atoms with Gasteiger partial charge in [-0.2, -0.15) is 0 Å². The van der Waals surface area contributed by atoms with E-state index in [0.29, 0.717) is 5.75 Å². The molecule has 0 aromatic carbocycles. The molecule has 2 atom stereocenters. The van der Waals surface area contributed by atoms with Gasteiger partial charge in [-0.1, -0.05) is 6.08 Å². The van der Waals surface area contributed by atoms with Gasteiger partial charge in [-0.15, -0.1) is 6.58 Å². The zero-order valence-electron chi connectivity index (χ0n) is 7.29. The van der Waals surface area contributed by atoms with Crippen LogP contribution in [0.4, 0.5) is 0 Å². The molecule has 12 heavy (non-hydrogen) atoms. The summed E-state index contributed by atoms with van der Waals surface area (Å²) in [6, 6.07) is 0.325. The van der Waals surface area contributed by atoms with E-state index in [2.05, 4.69) is 11.9 Å². The molecule has 1 aliphatic heterocycles. The van der Waals surface area contributed by atoms with Crippen molar-refractivity contribution in [2.45, 2.75) is 25.4 Å². The van der Waals surface area contributed by atoms with Crippen LogP contribution in [0.5, 0.6) is 0 Å². The van der Waals surface area contributed by atoms with Crippen LogP contribution in [0.3, 0.4) is 0 Å². The summed E-state index contributed by atoms with van der Waals surface area (Å²) < 4.78 is 22.1. The van der Waals surface area contributed by atoms with E-state index in [1.165, 1.54) is 0 Å². The molecule has 1 heterocycles. The fourth-order valence-corrected chi connectivity index (χ4v) is 3.05. The van der Waals surface area contributed by atoms with E-state index in [-0.39, 0.29) is 17.8 Å². The Morgan fingerprint density at radius 3 is 2.75 bits per heavy atom. The lowest BCUT2D eigenvalue weighted by molar-refractivity contribution is 0.523. The minimum atomic E-state index is -2.75. The van der Waals surface area contributed by atoms with E-state index >= 15 is 0 Å². The Morgan fingerprint density at radius 2 is 2.33 bits per heavy atom. The molecule has 0 amide bonds. The van der Waals surface area contributed by atoms with Crippen LogP contribution in [0.2, 0.25) is 0 Å². The van der Waals surface area contributed by atoms with Crippen LogP contribution in [0, 0.1) is 0 Å². The minimum Gasteiger partial charge on any atom is -0.307 e. The first-order valence-electron chi connectivity index (χ1n) is 4.12. The quantitative estimate of drug-likeness (QED) is 0.651. The summed E-state index contributed by atoms with van der Waals surface area (Å²) >= 11 is 0. The van der Waals surface area contributed by atoms with Crippen molar-refractivity contribution in [3.8, 4) is 0 Å². The molecule has 0 saturated carbocycles. The smallest absolute Gasteiger partial charge is 0.151 e. The van der Waals surface area contributed by atoms with Crippen molar-refractivity contribution in [3.05, 3.63) is 12.7 Å². The Hall–Kier alpha value is -0.350. The number of nitrogens with one attached hydrogen (secondary N) is 1. The molecular weight excluding hydrogens is 174 g/mol. The second kappa shape index (κ2) is 3.58. The molecule has 0 spiro atoms. The topological polar surface area (TPSA) is 46.2 Å². The molecule has 70 valence electrons. The molecule has 1 rings (SSSR count). The van der Waals surface area contributed by atoms with Crippen molar-refractivity contribution in [1.29, 1.82) is 0 Å². The second-order valence-corrected chi connectivity index (χ2v) is 5.52. The fourth-order valence-electron chi connectivity index (χ4n) is 1.37. The van der Waals surface area contributed by atoms with Crippen LogP contribution in [0.25, 0.3) is 0 Å². The van der Waals surface area contributed by atoms with Crippen molar-refractivity contribution in [2.24, 2.45) is 0 Å². The van der Waals surface area contributed by atoms with Crippen molar-refractivity contribution >= 4 is 9.84 Å². The third-order valence-electron chi connectivity index (χ3n) is 2.08. The van der Waals surface area contributed by atoms with Crippen LogP contribution in [0.1, 0.15) is 13.3 Å². The Kier molecular flexibility index (Phi) is 2.90. The molecule has 1 N–H and O–H groups in total. The second-order valence-electron chi connectivity index (χ2n) is 3.29. The van der Waals surface area contributed by atoms with E-state index in [0.717, 1.165) is 6.42 Å². The molecule has 2 unspecified atom stereocenters. The summed E-state index contributed by atoms with van der Waals surface area (Å²) in [4.78, 5) is 0. The molecule has 0 aliphatic carbocycles. The highest BCUT2D eigenvalue weighted by atomic mass is 32.2. The van der Waals surface area contributed by atoms with Gasteiger partial charge >= 0.3 is 0 Å². The third kappa shape index (κ3) is 2.60. The SMILES string of the molecule is C=CC(C)NC1CCS(=O)(=O)C1. The molecule has 1 fully saturated rings. The largest absolute Gasteiger partial charge is 0.307 e. The van der Waals surface area contributed by atoms with E-state index in [9.17, 15) is 8.42 Å². The summed E-state index contributed by atoms with van der Waals surface area (Å²) in [5.41, 5.74) is 0. The van der Waals surface area contributed by atoms with Crippen LogP contribution in [0.15, 0.2) is 12.7 Å². The monoisotopic (exact) mass is 189 g/mol. The predicted octanol–water partition coefficient (Wildman–Crippen LogP) is 0.338. The molecule has 0 aromatic heterocycles. The molecule has 0 aromatic rings. The molecule has 4 heteroatoms. The maximum absolute atomic E-state index is 11.0. The number of sulfone groups is 1. The fraction of sp³-hybridized carbons (Fsp3) is 0.750. The zero-order chi connectivity index (χ0) is 9.19. The number of rotatable bonds is 3. The lowest BCUT2D eigenvalue weighted by atomic mass is 10.2. The first-order chi connectivity index (χ1) is 5.53. The van der Waals surface area contributed by atoms with Gasteiger partial charge < -0.3 is 5.32 Å². The van der Waals surface area contributed by atoms with Crippen LogP contribution in [-0.4, -0.2) is 32.0 Å². The molecule has 0 radical (unpaired) electrons. The van der Waals surface area contributed by atoms with E-state index in [1.54, 1.807) is 6.08 Å². The van der Waals surface area contributed by atoms with Gasteiger partial charge in [0.1, 0.15) is 0 Å². The third-order valence-corrected chi connectivity index (χ3v) is 3.85. The van der Waals surface area contributed by atoms with Gasteiger partial charge in [0.25, 0.3) is 0 Å². The van der Waals surface area contributed by atoms with Gasteiger partial charge in [-0.3, -0.25) is 0 Å². The number of hydrogen-bond acceptors (Lipinski definition) is 3. The Balaban J connectivity index is 2.43. The molecular formula is C8H15NO2S. The summed E-state index contributed by atoms with van der Waals surface area (Å²) in [6.07, 6.45) is 2.52. The average molecular weight is 189 g/mol. The Morgan fingerprint density at radius 1 is 1.67 bits per heavy atom. The van der Waals surface area contributed by atoms with Gasteiger partial charge in [0.2, 0.25) is 0 Å². The van der Waals surface area contributed by atoms with Crippen molar-refractivity contribution in [1.82, 2.24) is 5.32 Å². The highest BCUT2D eigenvalue weighted by Crippen LogP contribution is 2.11. The van der Waals surface area contributed by atoms with E-state index in [4.69, 9.17) is 0 Å². The molecule has 1 saturated heterocycles. The summed E-state index contributed by atoms with van der Waals surface area (Å²) in [5.74, 6) is 0.611. The van der Waals surface area contributed by atoms with Crippen molar-refractivity contribution in [3.63, 3.8) is 0 Å². The zero-order valence-corrected chi connectivity index (χ0v) is 8.10. The van der Waals surface area contributed by atoms with E-state index in [1.807, 2.05) is 6.92 Å². The summed E-state index contributed by atoms with van der Waals surface area (Å²) in [5, 5.41) is 3.19. The first-order valence-corrected chi connectivity index (χ1v) is 5.94. The first kappa shape index (κ1) is 9.74. The normalized spacial score (nSPS) is 29.9. The van der Waals surface area contributed by atoms with Crippen molar-refractivity contribution in [2.75, 3.05) is 11.5 Å². The molecule has 3 nitrogen and oxygen atoms in total. The minimum absolute atomic E-state index is 0.128. The van der Waals surface area contributed by atoms with Crippen LogP contribution in [-0.2, 0) is 9.84 Å². The lowest BCUT2D eigenvalue weighted by Gasteiger charge is -2.14. The highest BCUT2D eigenvalue weighted by molar-refractivity contribution is 7.91. The van der Waals surface area contributed by atoms with Gasteiger partial charge in [0, 0.05) is 12.1 Å². The van der Waals surface area contributed by atoms with Gasteiger partial charge in [-0.05, 0) is 13.3 Å². The lowest BCUT2D eigenvalue weighted by Crippen LogP contribution is -2.35. The molecule has 1 aliphatic rings. The highest BCUT2D eigenvalue weighted by Gasteiger charge is 2.27. The maximum atomic E-state index is 11.0. The number of hydrogen-bond donors (Lipinski definition) is 1. The standard InChI is InChI=1S/C8H15NO2S/c1-3-7(2)9-8-4-5-12(10,11)6-8/h3,7-9H,1,4-6H2,2H3. The maximum Gasteiger partial charge on any atom is 0.151 e. The molecule has 0 bridgehead atoms. The Labute approximate surface area is 73.8 Å². The summed E-state index contributed by atoms with van der Waals surface area (Å²) in [7, 11) is -2.75.